The van der Waals surface area contributed by atoms with Gasteiger partial charge in [-0.15, -0.1) is 0 Å². The molecule has 13 heavy (non-hydrogen) atoms. The van der Waals surface area contributed by atoms with Crippen LogP contribution in [0, 0.1) is 10.1 Å². The summed E-state index contributed by atoms with van der Waals surface area (Å²) in [4.78, 5) is 9.50. The Morgan fingerprint density at radius 1 is 1.46 bits per heavy atom. The zero-order valence-corrected chi connectivity index (χ0v) is 7.44. The van der Waals surface area contributed by atoms with Crippen molar-refractivity contribution in [3.05, 3.63) is 46.0 Å². The van der Waals surface area contributed by atoms with E-state index in [0.29, 0.717) is 5.56 Å². The lowest BCUT2D eigenvalue weighted by atomic mass is 10.1. The Morgan fingerprint density at radius 2 is 2.00 bits per heavy atom. The van der Waals surface area contributed by atoms with Crippen LogP contribution >= 0.6 is 11.6 Å². The topological polar surface area (TPSA) is 63.4 Å². The summed E-state index contributed by atoms with van der Waals surface area (Å²) >= 11 is 5.57. The van der Waals surface area contributed by atoms with Gasteiger partial charge in [-0.05, 0) is 0 Å². The van der Waals surface area contributed by atoms with E-state index in [2.05, 4.69) is 0 Å². The average molecular weight is 202 g/mol. The molecule has 0 aliphatic heterocycles. The third-order valence-electron chi connectivity index (χ3n) is 1.55. The zero-order valence-electron chi connectivity index (χ0n) is 6.68. The molecule has 1 rings (SSSR count). The number of benzene rings is 1. The van der Waals surface area contributed by atoms with E-state index in [1.165, 1.54) is 12.1 Å². The van der Waals surface area contributed by atoms with Crippen LogP contribution in [0.1, 0.15) is 5.56 Å². The van der Waals surface area contributed by atoms with Gasteiger partial charge < -0.3 is 5.11 Å². The van der Waals surface area contributed by atoms with Gasteiger partial charge in [-0.3, -0.25) is 10.1 Å². The van der Waals surface area contributed by atoms with E-state index < -0.39 is 16.5 Å². The van der Waals surface area contributed by atoms with E-state index in [4.69, 9.17) is 11.6 Å². The highest BCUT2D eigenvalue weighted by atomic mass is 35.5. The molecule has 0 amide bonds. The first-order chi connectivity index (χ1) is 6.02. The fourth-order valence-corrected chi connectivity index (χ4v) is 1.18. The summed E-state index contributed by atoms with van der Waals surface area (Å²) in [7, 11) is 0. The summed E-state index contributed by atoms with van der Waals surface area (Å²) in [6, 6.07) is 8.13. The lowest BCUT2D eigenvalue weighted by Gasteiger charge is -2.15. The number of nitrogens with zero attached hydrogens (tertiary/aromatic N) is 1. The number of halogens is 1. The number of nitro groups is 1. The van der Waals surface area contributed by atoms with Crippen molar-refractivity contribution in [3.63, 3.8) is 0 Å². The molecule has 0 aliphatic rings. The summed E-state index contributed by atoms with van der Waals surface area (Å²) < 4.78 is 0. The van der Waals surface area contributed by atoms with Gasteiger partial charge in [0, 0.05) is 10.5 Å². The molecule has 70 valence electrons. The van der Waals surface area contributed by atoms with Gasteiger partial charge in [0.25, 0.3) is 6.54 Å². The smallest absolute Gasteiger partial charge is 0.250 e. The number of hydrogen-bond donors (Lipinski definition) is 1. The second-order valence-electron chi connectivity index (χ2n) is 2.62. The predicted octanol–water partition coefficient (Wildman–Crippen LogP) is 1.35. The molecule has 0 saturated carbocycles. The Morgan fingerprint density at radius 3 is 2.46 bits per heavy atom. The van der Waals surface area contributed by atoms with Crippen molar-refractivity contribution in [2.24, 2.45) is 0 Å². The second kappa shape index (κ2) is 3.72. The molecule has 4 nitrogen and oxygen atoms in total. The van der Waals surface area contributed by atoms with Crippen LogP contribution in [0.3, 0.4) is 0 Å². The van der Waals surface area contributed by atoms with Crippen molar-refractivity contribution in [2.75, 3.05) is 6.54 Å². The van der Waals surface area contributed by atoms with Crippen LogP contribution in [0.4, 0.5) is 0 Å². The second-order valence-corrected chi connectivity index (χ2v) is 3.24. The Balaban J connectivity index is 2.87. The first kappa shape index (κ1) is 9.95. The molecule has 1 aromatic rings. The van der Waals surface area contributed by atoms with E-state index in [9.17, 15) is 15.2 Å². The highest BCUT2D eigenvalue weighted by Crippen LogP contribution is 2.25. The highest BCUT2D eigenvalue weighted by Gasteiger charge is 2.32. The van der Waals surface area contributed by atoms with Crippen molar-refractivity contribution in [3.8, 4) is 0 Å². The van der Waals surface area contributed by atoms with Gasteiger partial charge in [-0.1, -0.05) is 41.9 Å². The first-order valence-corrected chi connectivity index (χ1v) is 3.99. The van der Waals surface area contributed by atoms with E-state index >= 15 is 0 Å². The molecule has 0 saturated heterocycles. The quantitative estimate of drug-likeness (QED) is 0.456. The van der Waals surface area contributed by atoms with Crippen molar-refractivity contribution >= 4 is 11.6 Å². The summed E-state index contributed by atoms with van der Waals surface area (Å²) in [5.41, 5.74) is 0.327. The molecule has 0 fully saturated rings. The summed E-state index contributed by atoms with van der Waals surface area (Å²) in [6.45, 7) is -0.710. The number of rotatable bonds is 3. The minimum absolute atomic E-state index is 0.327. The molecule has 0 aliphatic carbocycles. The van der Waals surface area contributed by atoms with E-state index in [1.807, 2.05) is 0 Å². The Labute approximate surface area is 79.9 Å². The predicted molar refractivity (Wildman–Crippen MR) is 48.1 cm³/mol. The molecule has 1 atom stereocenters. The Kier molecular flexibility index (Phi) is 2.85. The van der Waals surface area contributed by atoms with Crippen LogP contribution < -0.4 is 0 Å². The molecule has 1 unspecified atom stereocenters. The number of hydrogen-bond acceptors (Lipinski definition) is 3. The molecule has 0 heterocycles. The molecular weight excluding hydrogens is 194 g/mol. The van der Waals surface area contributed by atoms with Crippen LogP contribution in [0.5, 0.6) is 0 Å². The number of aliphatic hydroxyl groups is 1. The van der Waals surface area contributed by atoms with E-state index in [-0.39, 0.29) is 0 Å². The van der Waals surface area contributed by atoms with E-state index in [1.54, 1.807) is 18.2 Å². The van der Waals surface area contributed by atoms with Crippen LogP contribution in [0.25, 0.3) is 0 Å². The van der Waals surface area contributed by atoms with Crippen molar-refractivity contribution in [1.29, 1.82) is 0 Å². The summed E-state index contributed by atoms with van der Waals surface area (Å²) in [6.07, 6.45) is 0. The Bertz CT molecular complexity index is 300. The molecule has 0 radical (unpaired) electrons. The van der Waals surface area contributed by atoms with Gasteiger partial charge in [0.2, 0.25) is 5.06 Å². The van der Waals surface area contributed by atoms with Crippen LogP contribution in [-0.4, -0.2) is 16.6 Å². The van der Waals surface area contributed by atoms with E-state index in [0.717, 1.165) is 0 Å². The van der Waals surface area contributed by atoms with Crippen LogP contribution in [0.2, 0.25) is 0 Å². The molecule has 1 aromatic carbocycles. The average Bonchev–Trinajstić information content (AvgIpc) is 2.04. The SMILES string of the molecule is O=[N+]([O-])CC(O)(Cl)c1ccccc1. The van der Waals surface area contributed by atoms with Gasteiger partial charge in [0.15, 0.2) is 0 Å². The molecular formula is C8H8ClNO3. The maximum Gasteiger partial charge on any atom is 0.250 e. The van der Waals surface area contributed by atoms with Gasteiger partial charge in [0.05, 0.1) is 0 Å². The molecule has 1 N–H and O–H groups in total. The highest BCUT2D eigenvalue weighted by molar-refractivity contribution is 6.22. The normalized spacial score (nSPS) is 14.9. The fraction of sp³-hybridized carbons (Fsp3) is 0.250. The van der Waals surface area contributed by atoms with Crippen molar-refractivity contribution in [2.45, 2.75) is 5.06 Å². The van der Waals surface area contributed by atoms with Gasteiger partial charge >= 0.3 is 0 Å². The molecule has 5 heteroatoms. The minimum atomic E-state index is -1.91. The van der Waals surface area contributed by atoms with Gasteiger partial charge in [0.1, 0.15) is 0 Å². The minimum Gasteiger partial charge on any atom is -0.366 e. The lowest BCUT2D eigenvalue weighted by Crippen LogP contribution is -2.27. The Hall–Kier alpha value is -1.13. The van der Waals surface area contributed by atoms with Gasteiger partial charge in [-0.2, -0.15) is 0 Å². The molecule has 0 spiro atoms. The monoisotopic (exact) mass is 201 g/mol. The maximum absolute atomic E-state index is 10.1. The summed E-state index contributed by atoms with van der Waals surface area (Å²) in [5.74, 6) is 0. The first-order valence-electron chi connectivity index (χ1n) is 3.61. The van der Waals surface area contributed by atoms with Crippen LogP contribution in [-0.2, 0) is 5.06 Å². The lowest BCUT2D eigenvalue weighted by molar-refractivity contribution is -0.495. The standard InChI is InChI=1S/C8H8ClNO3/c9-8(11,6-10(12)13)7-4-2-1-3-5-7/h1-5,11H,6H2. The third kappa shape index (κ3) is 2.68. The molecule has 0 bridgehead atoms. The number of alkyl halides is 1. The molecule has 0 aromatic heterocycles. The largest absolute Gasteiger partial charge is 0.366 e. The van der Waals surface area contributed by atoms with Crippen molar-refractivity contribution < 1.29 is 10.0 Å². The van der Waals surface area contributed by atoms with Crippen LogP contribution in [0.15, 0.2) is 30.3 Å². The summed E-state index contributed by atoms with van der Waals surface area (Å²) in [5, 5.41) is 17.7. The maximum atomic E-state index is 10.1. The zero-order chi connectivity index (χ0) is 9.90. The fourth-order valence-electron chi connectivity index (χ4n) is 0.956. The van der Waals surface area contributed by atoms with Crippen molar-refractivity contribution in [1.82, 2.24) is 0 Å². The van der Waals surface area contributed by atoms with Gasteiger partial charge in [-0.25, -0.2) is 0 Å². The third-order valence-corrected chi connectivity index (χ3v) is 1.89.